The molecule has 0 atom stereocenters. The van der Waals surface area contributed by atoms with Gasteiger partial charge in [0.15, 0.2) is 0 Å². The molecule has 6 aromatic rings. The third kappa shape index (κ3) is 3.13. The van der Waals surface area contributed by atoms with Crippen molar-refractivity contribution in [1.29, 1.82) is 0 Å². The molecule has 2 nitrogen and oxygen atoms in total. The van der Waals surface area contributed by atoms with E-state index in [0.717, 1.165) is 81.0 Å². The maximum absolute atomic E-state index is 8.80. The Hall–Kier alpha value is -3.91. The van der Waals surface area contributed by atoms with Crippen molar-refractivity contribution in [1.82, 2.24) is 4.98 Å². The van der Waals surface area contributed by atoms with Gasteiger partial charge in [0, 0.05) is 29.3 Å². The van der Waals surface area contributed by atoms with E-state index in [1.165, 1.54) is 5.39 Å². The van der Waals surface area contributed by atoms with Crippen molar-refractivity contribution in [3.05, 3.63) is 103 Å². The maximum Gasteiger partial charge on any atom is 0.144 e. The predicted molar refractivity (Wildman–Crippen MR) is 141 cm³/mol. The van der Waals surface area contributed by atoms with Crippen molar-refractivity contribution in [3.8, 4) is 22.4 Å². The van der Waals surface area contributed by atoms with Crippen LogP contribution >= 0.6 is 0 Å². The van der Waals surface area contributed by atoms with Crippen LogP contribution in [0.2, 0.25) is 0 Å². The number of nitrogens with zero attached hydrogens (tertiary/aromatic N) is 1. The second kappa shape index (κ2) is 7.85. The van der Waals surface area contributed by atoms with Crippen LogP contribution in [0.4, 0.5) is 0 Å². The summed E-state index contributed by atoms with van der Waals surface area (Å²) in [5.74, 6) is -0.414. The fourth-order valence-corrected chi connectivity index (χ4v) is 5.47. The first-order chi connectivity index (χ1) is 17.2. The van der Waals surface area contributed by atoms with Gasteiger partial charge in [0.2, 0.25) is 0 Å². The molecule has 2 heterocycles. The molecule has 164 valence electrons. The lowest BCUT2D eigenvalue weighted by molar-refractivity contribution is 0.673. The topological polar surface area (TPSA) is 26.0 Å². The molecule has 0 bridgehead atoms. The smallest absolute Gasteiger partial charge is 0.144 e. The molecule has 1 aliphatic rings. The van der Waals surface area contributed by atoms with Crippen LogP contribution in [0, 0.1) is 0 Å². The molecule has 1 aliphatic carbocycles. The number of fused-ring (bicyclic) bond motifs is 5. The minimum atomic E-state index is -0.414. The molecule has 1 fully saturated rings. The molecule has 2 aromatic heterocycles. The zero-order chi connectivity index (χ0) is 23.4. The highest BCUT2D eigenvalue weighted by Gasteiger charge is 2.17. The second-order valence-electron chi connectivity index (χ2n) is 9.27. The first kappa shape index (κ1) is 18.5. The number of rotatable bonds is 3. The van der Waals surface area contributed by atoms with Gasteiger partial charge in [-0.2, -0.15) is 0 Å². The highest BCUT2D eigenvalue weighted by atomic mass is 16.3. The SMILES string of the molecule is [2H]C1(c2ccc(-c3ccnc(-c4cccc5c4oc4c6ccccc6ccc54)c3)cc2)CCCC1. The van der Waals surface area contributed by atoms with Crippen LogP contribution < -0.4 is 0 Å². The highest BCUT2D eigenvalue weighted by molar-refractivity contribution is 6.17. The van der Waals surface area contributed by atoms with E-state index in [9.17, 15) is 0 Å². The summed E-state index contributed by atoms with van der Waals surface area (Å²) in [6.45, 7) is 0. The summed E-state index contributed by atoms with van der Waals surface area (Å²) in [5, 5.41) is 4.54. The molecule has 0 saturated heterocycles. The molecule has 4 aromatic carbocycles. The van der Waals surface area contributed by atoms with Crippen molar-refractivity contribution in [2.45, 2.75) is 31.6 Å². The van der Waals surface area contributed by atoms with Gasteiger partial charge in [-0.1, -0.05) is 79.6 Å². The Labute approximate surface area is 200 Å². The van der Waals surface area contributed by atoms with Gasteiger partial charge in [-0.25, -0.2) is 0 Å². The Morgan fingerprint density at radius 1 is 0.706 bits per heavy atom. The number of furan rings is 1. The number of para-hydroxylation sites is 1. The molecule has 0 spiro atoms. The summed E-state index contributed by atoms with van der Waals surface area (Å²) in [5.41, 5.74) is 7.08. The lowest BCUT2D eigenvalue weighted by Crippen LogP contribution is -1.92. The molecule has 0 N–H and O–H groups in total. The van der Waals surface area contributed by atoms with Crippen molar-refractivity contribution < 1.29 is 5.79 Å². The van der Waals surface area contributed by atoms with Gasteiger partial charge in [-0.05, 0) is 65.1 Å². The number of hydrogen-bond donors (Lipinski definition) is 0. The minimum Gasteiger partial charge on any atom is -0.455 e. The molecule has 7 rings (SSSR count). The van der Waals surface area contributed by atoms with Gasteiger partial charge in [0.05, 0.1) is 5.69 Å². The summed E-state index contributed by atoms with van der Waals surface area (Å²) < 4.78 is 15.3. The third-order valence-electron chi connectivity index (χ3n) is 7.26. The van der Waals surface area contributed by atoms with Gasteiger partial charge in [-0.15, -0.1) is 0 Å². The van der Waals surface area contributed by atoms with Crippen LogP contribution in [0.3, 0.4) is 0 Å². The van der Waals surface area contributed by atoms with Gasteiger partial charge in [0.1, 0.15) is 11.2 Å². The van der Waals surface area contributed by atoms with E-state index in [4.69, 9.17) is 10.8 Å². The summed E-state index contributed by atoms with van der Waals surface area (Å²) >= 11 is 0. The third-order valence-corrected chi connectivity index (χ3v) is 7.26. The number of benzene rings is 4. The van der Waals surface area contributed by atoms with Crippen LogP contribution in [0.15, 0.2) is 102 Å². The van der Waals surface area contributed by atoms with E-state index in [0.29, 0.717) is 0 Å². The molecule has 0 radical (unpaired) electrons. The Kier molecular flexibility index (Phi) is 4.27. The average Bonchev–Trinajstić information content (AvgIpc) is 3.53. The molecule has 34 heavy (non-hydrogen) atoms. The zero-order valence-corrected chi connectivity index (χ0v) is 18.9. The molecule has 0 amide bonds. The van der Waals surface area contributed by atoms with E-state index in [-0.39, 0.29) is 0 Å². The van der Waals surface area contributed by atoms with Gasteiger partial charge in [0.25, 0.3) is 0 Å². The monoisotopic (exact) mass is 440 g/mol. The van der Waals surface area contributed by atoms with Crippen molar-refractivity contribution >= 4 is 32.7 Å². The first-order valence-electron chi connectivity index (χ1n) is 12.6. The Morgan fingerprint density at radius 2 is 1.50 bits per heavy atom. The van der Waals surface area contributed by atoms with E-state index < -0.39 is 5.89 Å². The van der Waals surface area contributed by atoms with Crippen molar-refractivity contribution in [2.75, 3.05) is 0 Å². The first-order valence-corrected chi connectivity index (χ1v) is 12.1. The largest absolute Gasteiger partial charge is 0.455 e. The summed E-state index contributed by atoms with van der Waals surface area (Å²) in [4.78, 5) is 4.72. The number of pyridine rings is 1. The summed E-state index contributed by atoms with van der Waals surface area (Å²) in [6.07, 6.45) is 6.10. The summed E-state index contributed by atoms with van der Waals surface area (Å²) in [7, 11) is 0. The zero-order valence-electron chi connectivity index (χ0n) is 19.9. The van der Waals surface area contributed by atoms with Crippen LogP contribution in [0.25, 0.3) is 55.1 Å². The maximum atomic E-state index is 8.80. The van der Waals surface area contributed by atoms with Crippen LogP contribution in [0.5, 0.6) is 0 Å². The average molecular weight is 441 g/mol. The Morgan fingerprint density at radius 3 is 2.38 bits per heavy atom. The van der Waals surface area contributed by atoms with E-state index in [1.807, 2.05) is 6.20 Å². The summed E-state index contributed by atoms with van der Waals surface area (Å²) in [6, 6.07) is 31.7. The molecule has 0 unspecified atom stereocenters. The highest BCUT2D eigenvalue weighted by Crippen LogP contribution is 2.39. The Balaban J connectivity index is 1.33. The fraction of sp³-hybridized carbons (Fsp3) is 0.156. The van der Waals surface area contributed by atoms with E-state index >= 15 is 0 Å². The van der Waals surface area contributed by atoms with Gasteiger partial charge >= 0.3 is 0 Å². The lowest BCUT2D eigenvalue weighted by Gasteiger charge is -2.11. The normalized spacial score (nSPS) is 15.8. The second-order valence-corrected chi connectivity index (χ2v) is 9.27. The lowest BCUT2D eigenvalue weighted by atomic mass is 9.95. The van der Waals surface area contributed by atoms with Crippen LogP contribution in [-0.2, 0) is 0 Å². The Bertz CT molecular complexity index is 1710. The molecular formula is C32H25NO. The van der Waals surface area contributed by atoms with E-state index in [1.54, 1.807) is 0 Å². The molecular weight excluding hydrogens is 414 g/mol. The van der Waals surface area contributed by atoms with Crippen molar-refractivity contribution in [3.63, 3.8) is 0 Å². The fourth-order valence-electron chi connectivity index (χ4n) is 5.47. The van der Waals surface area contributed by atoms with Gasteiger partial charge < -0.3 is 4.42 Å². The number of aromatic nitrogens is 1. The number of hydrogen-bond acceptors (Lipinski definition) is 2. The van der Waals surface area contributed by atoms with E-state index in [2.05, 4.69) is 91.0 Å². The quantitative estimate of drug-likeness (QED) is 0.274. The molecule has 0 aliphatic heterocycles. The minimum absolute atomic E-state index is 0.414. The molecule has 2 heteroatoms. The molecule has 1 saturated carbocycles. The predicted octanol–water partition coefficient (Wildman–Crippen LogP) is 9.13. The standard InChI is InChI=1S/C32H25NO/c1-2-7-21(6-1)22-12-14-23(15-13-22)25-18-19-33-30(20-25)29-11-5-10-27-28-17-16-24-8-3-4-9-26(24)31(28)34-32(27)29/h3-5,8-21H,1-2,6-7H2/i21D. The van der Waals surface area contributed by atoms with Crippen LogP contribution in [0.1, 0.15) is 38.5 Å². The van der Waals surface area contributed by atoms with Gasteiger partial charge in [-0.3, -0.25) is 4.98 Å². The van der Waals surface area contributed by atoms with Crippen LogP contribution in [-0.4, -0.2) is 4.98 Å². The van der Waals surface area contributed by atoms with Crippen molar-refractivity contribution in [2.24, 2.45) is 0 Å².